The average Bonchev–Trinajstić information content (AvgIpc) is 3.38. The van der Waals surface area contributed by atoms with E-state index in [9.17, 15) is 18.0 Å². The van der Waals surface area contributed by atoms with Crippen LogP contribution in [0.2, 0.25) is 0 Å². The fourth-order valence-electron chi connectivity index (χ4n) is 4.93. The largest absolute Gasteiger partial charge is 0.490 e. The first-order valence-corrected chi connectivity index (χ1v) is 14.3. The van der Waals surface area contributed by atoms with Gasteiger partial charge in [0.2, 0.25) is 0 Å². The highest BCUT2D eigenvalue weighted by molar-refractivity contribution is 5.94. The molecule has 0 bridgehead atoms. The number of nitrogens with zero attached hydrogens (tertiary/aromatic N) is 4. The molecule has 2 heterocycles. The maximum atomic E-state index is 12.7. The van der Waals surface area contributed by atoms with Crippen molar-refractivity contribution in [3.8, 4) is 11.4 Å². The SMILES string of the molecule is CCN1CCN(CCCNC(=O)c2ccc(-c3nc4ccccc4n3Cc3ccccc3)cc2)CC1.O=C(O)C(F)(F)F. The number of hydrogen-bond donors (Lipinski definition) is 2. The number of fused-ring (bicyclic) bond motifs is 1. The van der Waals surface area contributed by atoms with Gasteiger partial charge in [-0.25, -0.2) is 9.78 Å². The van der Waals surface area contributed by atoms with Crippen LogP contribution >= 0.6 is 0 Å². The summed E-state index contributed by atoms with van der Waals surface area (Å²) in [5.74, 6) is -1.86. The lowest BCUT2D eigenvalue weighted by Crippen LogP contribution is -2.46. The van der Waals surface area contributed by atoms with Gasteiger partial charge < -0.3 is 24.8 Å². The molecule has 0 spiro atoms. The van der Waals surface area contributed by atoms with Crippen molar-refractivity contribution < 1.29 is 27.9 Å². The summed E-state index contributed by atoms with van der Waals surface area (Å²) in [7, 11) is 0. The van der Waals surface area contributed by atoms with Crippen molar-refractivity contribution in [1.29, 1.82) is 0 Å². The molecule has 0 saturated carbocycles. The molecule has 0 atom stereocenters. The fraction of sp³-hybridized carbons (Fsp3) is 0.344. The van der Waals surface area contributed by atoms with E-state index in [1.165, 1.54) is 5.56 Å². The molecule has 1 aromatic heterocycles. The Morgan fingerprint density at radius 2 is 1.49 bits per heavy atom. The predicted molar refractivity (Wildman–Crippen MR) is 160 cm³/mol. The minimum absolute atomic E-state index is 0.0184. The molecule has 3 aromatic carbocycles. The van der Waals surface area contributed by atoms with Gasteiger partial charge in [-0.1, -0.05) is 61.5 Å². The Morgan fingerprint density at radius 1 is 0.884 bits per heavy atom. The number of aliphatic carboxylic acids is 1. The lowest BCUT2D eigenvalue weighted by molar-refractivity contribution is -0.192. The highest BCUT2D eigenvalue weighted by Gasteiger charge is 2.38. The molecular formula is C32H36F3N5O3. The number of carbonyl (C=O) groups excluding carboxylic acids is 1. The van der Waals surface area contributed by atoms with Crippen LogP contribution in [0.3, 0.4) is 0 Å². The van der Waals surface area contributed by atoms with Crippen molar-refractivity contribution in [1.82, 2.24) is 24.7 Å². The molecular weight excluding hydrogens is 559 g/mol. The van der Waals surface area contributed by atoms with Gasteiger partial charge in [0.15, 0.2) is 0 Å². The molecule has 4 aromatic rings. The Hall–Kier alpha value is -4.22. The van der Waals surface area contributed by atoms with Crippen molar-refractivity contribution in [3.05, 3.63) is 90.0 Å². The molecule has 43 heavy (non-hydrogen) atoms. The van der Waals surface area contributed by atoms with Crippen LogP contribution in [-0.2, 0) is 11.3 Å². The predicted octanol–water partition coefficient (Wildman–Crippen LogP) is 5.14. The maximum Gasteiger partial charge on any atom is 0.490 e. The summed E-state index contributed by atoms with van der Waals surface area (Å²) >= 11 is 0. The highest BCUT2D eigenvalue weighted by atomic mass is 19.4. The Balaban J connectivity index is 0.000000541. The summed E-state index contributed by atoms with van der Waals surface area (Å²) in [5, 5.41) is 10.2. The number of para-hydroxylation sites is 2. The lowest BCUT2D eigenvalue weighted by Gasteiger charge is -2.33. The first-order chi connectivity index (χ1) is 20.7. The third-order valence-corrected chi connectivity index (χ3v) is 7.33. The molecule has 8 nitrogen and oxygen atoms in total. The number of piperazine rings is 1. The first-order valence-electron chi connectivity index (χ1n) is 14.3. The number of rotatable bonds is 9. The Kier molecular flexibility index (Phi) is 10.9. The van der Waals surface area contributed by atoms with Crippen molar-refractivity contribution >= 4 is 22.9 Å². The van der Waals surface area contributed by atoms with E-state index in [0.717, 1.165) is 74.7 Å². The van der Waals surface area contributed by atoms with Gasteiger partial charge in [0.25, 0.3) is 5.91 Å². The molecule has 0 unspecified atom stereocenters. The minimum Gasteiger partial charge on any atom is -0.475 e. The van der Waals surface area contributed by atoms with E-state index >= 15 is 0 Å². The first kappa shape index (κ1) is 31.7. The smallest absolute Gasteiger partial charge is 0.475 e. The maximum absolute atomic E-state index is 12.7. The van der Waals surface area contributed by atoms with E-state index in [-0.39, 0.29) is 5.91 Å². The summed E-state index contributed by atoms with van der Waals surface area (Å²) in [6, 6.07) is 26.5. The molecule has 1 aliphatic heterocycles. The number of imidazole rings is 1. The molecule has 1 fully saturated rings. The number of likely N-dealkylation sites (N-methyl/N-ethyl adjacent to an activating group) is 1. The van der Waals surface area contributed by atoms with E-state index in [1.54, 1.807) is 0 Å². The number of aromatic nitrogens is 2. The zero-order valence-corrected chi connectivity index (χ0v) is 24.1. The van der Waals surface area contributed by atoms with Gasteiger partial charge in [-0.15, -0.1) is 0 Å². The fourth-order valence-corrected chi connectivity index (χ4v) is 4.93. The number of alkyl halides is 3. The zero-order chi connectivity index (χ0) is 30.8. The summed E-state index contributed by atoms with van der Waals surface area (Å²) in [4.78, 5) is 31.5. The number of nitrogens with one attached hydrogen (secondary N) is 1. The van der Waals surface area contributed by atoms with Crippen LogP contribution in [0.15, 0.2) is 78.9 Å². The normalized spacial score (nSPS) is 14.2. The van der Waals surface area contributed by atoms with Crippen LogP contribution in [0.5, 0.6) is 0 Å². The van der Waals surface area contributed by atoms with Crippen molar-refractivity contribution in [2.45, 2.75) is 26.1 Å². The second-order valence-corrected chi connectivity index (χ2v) is 10.3. The molecule has 1 amide bonds. The van der Waals surface area contributed by atoms with Crippen LogP contribution in [0.25, 0.3) is 22.4 Å². The summed E-state index contributed by atoms with van der Waals surface area (Å²) in [6.07, 6.45) is -4.11. The molecule has 11 heteroatoms. The van der Waals surface area contributed by atoms with Gasteiger partial charge >= 0.3 is 12.1 Å². The summed E-state index contributed by atoms with van der Waals surface area (Å²) < 4.78 is 34.0. The minimum atomic E-state index is -5.08. The number of halogens is 3. The zero-order valence-electron chi connectivity index (χ0n) is 24.1. The molecule has 0 aliphatic carbocycles. The second kappa shape index (κ2) is 14.8. The number of hydrogen-bond acceptors (Lipinski definition) is 5. The monoisotopic (exact) mass is 595 g/mol. The Bertz CT molecular complexity index is 1480. The molecule has 228 valence electrons. The quantitative estimate of drug-likeness (QED) is 0.261. The van der Waals surface area contributed by atoms with Crippen molar-refractivity contribution in [2.24, 2.45) is 0 Å². The van der Waals surface area contributed by atoms with Gasteiger partial charge in [-0.2, -0.15) is 13.2 Å². The molecule has 5 rings (SSSR count). The number of carboxylic acid groups (broad SMARTS) is 1. The van der Waals surface area contributed by atoms with E-state index in [0.29, 0.717) is 12.1 Å². The van der Waals surface area contributed by atoms with Gasteiger partial charge in [-0.05, 0) is 49.3 Å². The van der Waals surface area contributed by atoms with E-state index < -0.39 is 12.1 Å². The van der Waals surface area contributed by atoms with E-state index in [1.807, 2.05) is 48.5 Å². The topological polar surface area (TPSA) is 90.7 Å². The van der Waals surface area contributed by atoms with Crippen LogP contribution in [0.4, 0.5) is 13.2 Å². The standard InChI is InChI=1S/C30H35N5O.C2HF3O2/c1-2-33-19-21-34(22-20-33)18-8-17-31-30(36)26-15-13-25(14-16-26)29-32-27-11-6-7-12-28(27)35(29)23-24-9-4-3-5-10-24;3-2(4,5)1(6)7/h3-7,9-16H,2,8,17-23H2,1H3,(H,31,36);(H,6,7). The summed E-state index contributed by atoms with van der Waals surface area (Å²) in [5.41, 5.74) is 4.99. The highest BCUT2D eigenvalue weighted by Crippen LogP contribution is 2.26. The number of benzene rings is 3. The van der Waals surface area contributed by atoms with Crippen LogP contribution in [0.1, 0.15) is 29.3 Å². The van der Waals surface area contributed by atoms with Gasteiger partial charge in [0.1, 0.15) is 5.82 Å². The molecule has 0 radical (unpaired) electrons. The molecule has 1 saturated heterocycles. The van der Waals surface area contributed by atoms with Gasteiger partial charge in [0.05, 0.1) is 11.0 Å². The Labute approximate surface area is 248 Å². The van der Waals surface area contributed by atoms with Crippen molar-refractivity contribution in [2.75, 3.05) is 45.8 Å². The van der Waals surface area contributed by atoms with Gasteiger partial charge in [0, 0.05) is 50.4 Å². The third kappa shape index (κ3) is 8.89. The number of amides is 1. The second-order valence-electron chi connectivity index (χ2n) is 10.3. The molecule has 2 N–H and O–H groups in total. The average molecular weight is 596 g/mol. The lowest BCUT2D eigenvalue weighted by atomic mass is 10.1. The Morgan fingerprint density at radius 3 is 2.12 bits per heavy atom. The number of carbonyl (C=O) groups is 2. The van der Waals surface area contributed by atoms with Crippen LogP contribution < -0.4 is 5.32 Å². The molecule has 1 aliphatic rings. The van der Waals surface area contributed by atoms with Crippen LogP contribution in [0, 0.1) is 0 Å². The van der Waals surface area contributed by atoms with E-state index in [4.69, 9.17) is 14.9 Å². The number of carboxylic acids is 1. The summed E-state index contributed by atoms with van der Waals surface area (Å²) in [6.45, 7) is 10.4. The van der Waals surface area contributed by atoms with Gasteiger partial charge in [-0.3, -0.25) is 4.79 Å². The van der Waals surface area contributed by atoms with Crippen molar-refractivity contribution in [3.63, 3.8) is 0 Å². The van der Waals surface area contributed by atoms with E-state index in [2.05, 4.69) is 56.9 Å². The third-order valence-electron chi connectivity index (χ3n) is 7.33. The van der Waals surface area contributed by atoms with Crippen LogP contribution in [-0.4, -0.2) is 88.3 Å².